The SMILES string of the molecule is CC(C)C(NC(=O)c1cccc(OC(F)F)c1)c1ncnn1C. The van der Waals surface area contributed by atoms with Gasteiger partial charge in [-0.25, -0.2) is 4.98 Å². The minimum atomic E-state index is -2.93. The highest BCUT2D eigenvalue weighted by molar-refractivity contribution is 5.94. The van der Waals surface area contributed by atoms with Gasteiger partial charge in [-0.2, -0.15) is 13.9 Å². The third-order valence-corrected chi connectivity index (χ3v) is 3.30. The fourth-order valence-corrected chi connectivity index (χ4v) is 2.15. The van der Waals surface area contributed by atoms with Gasteiger partial charge in [0.05, 0.1) is 6.04 Å². The van der Waals surface area contributed by atoms with Crippen LogP contribution in [-0.4, -0.2) is 27.3 Å². The van der Waals surface area contributed by atoms with Crippen LogP contribution in [0.3, 0.4) is 0 Å². The number of carbonyl (C=O) groups is 1. The first kappa shape index (κ1) is 16.9. The van der Waals surface area contributed by atoms with Crippen molar-refractivity contribution in [1.82, 2.24) is 20.1 Å². The van der Waals surface area contributed by atoms with Gasteiger partial charge in [0, 0.05) is 12.6 Å². The number of carbonyl (C=O) groups excluding carboxylic acids is 1. The Morgan fingerprint density at radius 1 is 1.35 bits per heavy atom. The minimum Gasteiger partial charge on any atom is -0.435 e. The van der Waals surface area contributed by atoms with Crippen molar-refractivity contribution in [3.8, 4) is 5.75 Å². The molecule has 6 nitrogen and oxygen atoms in total. The van der Waals surface area contributed by atoms with Crippen molar-refractivity contribution in [3.05, 3.63) is 42.0 Å². The average Bonchev–Trinajstić information content (AvgIpc) is 2.89. The molecule has 1 amide bonds. The number of aromatic nitrogens is 3. The summed E-state index contributed by atoms with van der Waals surface area (Å²) >= 11 is 0. The number of alkyl halides is 2. The molecule has 0 spiro atoms. The Morgan fingerprint density at radius 2 is 2.09 bits per heavy atom. The summed E-state index contributed by atoms with van der Waals surface area (Å²) in [6, 6.07) is 5.30. The molecule has 0 saturated heterocycles. The standard InChI is InChI=1S/C15H18F2N4O2/c1-9(2)12(13-18-8-19-21(13)3)20-14(22)10-5-4-6-11(7-10)23-15(16)17/h4-9,12,15H,1-3H3,(H,20,22). The zero-order valence-electron chi connectivity index (χ0n) is 13.0. The summed E-state index contributed by atoms with van der Waals surface area (Å²) in [6.45, 7) is 0.946. The fourth-order valence-electron chi connectivity index (χ4n) is 2.15. The molecule has 1 unspecified atom stereocenters. The summed E-state index contributed by atoms with van der Waals surface area (Å²) in [5, 5.41) is 6.85. The van der Waals surface area contributed by atoms with Gasteiger partial charge >= 0.3 is 6.61 Å². The maximum atomic E-state index is 12.4. The second-order valence-electron chi connectivity index (χ2n) is 5.34. The molecule has 2 rings (SSSR count). The van der Waals surface area contributed by atoms with Crippen molar-refractivity contribution in [2.24, 2.45) is 13.0 Å². The van der Waals surface area contributed by atoms with E-state index < -0.39 is 12.5 Å². The topological polar surface area (TPSA) is 69.0 Å². The number of ether oxygens (including phenoxy) is 1. The zero-order valence-corrected chi connectivity index (χ0v) is 13.0. The van der Waals surface area contributed by atoms with Crippen LogP contribution in [0.4, 0.5) is 8.78 Å². The second kappa shape index (κ2) is 7.17. The maximum Gasteiger partial charge on any atom is 0.387 e. The Hall–Kier alpha value is -2.51. The molecule has 0 aliphatic rings. The van der Waals surface area contributed by atoms with E-state index in [0.29, 0.717) is 5.82 Å². The van der Waals surface area contributed by atoms with Gasteiger partial charge in [0.2, 0.25) is 0 Å². The van der Waals surface area contributed by atoms with E-state index in [2.05, 4.69) is 20.1 Å². The number of nitrogens with zero attached hydrogens (tertiary/aromatic N) is 3. The van der Waals surface area contributed by atoms with Crippen LogP contribution in [0.2, 0.25) is 0 Å². The lowest BCUT2D eigenvalue weighted by molar-refractivity contribution is -0.0498. The molecule has 23 heavy (non-hydrogen) atoms. The molecule has 1 aromatic carbocycles. The molecule has 1 N–H and O–H groups in total. The number of rotatable bonds is 6. The quantitative estimate of drug-likeness (QED) is 0.886. The summed E-state index contributed by atoms with van der Waals surface area (Å²) in [5.74, 6) is 0.231. The highest BCUT2D eigenvalue weighted by Crippen LogP contribution is 2.21. The number of hydrogen-bond donors (Lipinski definition) is 1. The number of halogens is 2. The third kappa shape index (κ3) is 4.24. The van der Waals surface area contributed by atoms with Gasteiger partial charge in [-0.1, -0.05) is 19.9 Å². The van der Waals surface area contributed by atoms with Crippen molar-refractivity contribution in [1.29, 1.82) is 0 Å². The van der Waals surface area contributed by atoms with Gasteiger partial charge in [-0.3, -0.25) is 9.48 Å². The lowest BCUT2D eigenvalue weighted by atomic mass is 10.0. The Kier molecular flexibility index (Phi) is 5.25. The molecular weight excluding hydrogens is 306 g/mol. The maximum absolute atomic E-state index is 12.4. The van der Waals surface area contributed by atoms with E-state index >= 15 is 0 Å². The van der Waals surface area contributed by atoms with E-state index in [1.165, 1.54) is 30.6 Å². The largest absolute Gasteiger partial charge is 0.435 e. The molecule has 1 heterocycles. The normalized spacial score (nSPS) is 12.5. The Morgan fingerprint density at radius 3 is 2.65 bits per heavy atom. The number of amides is 1. The van der Waals surface area contributed by atoms with Crippen molar-refractivity contribution >= 4 is 5.91 Å². The average molecular weight is 324 g/mol. The Balaban J connectivity index is 2.18. The molecule has 0 fully saturated rings. The first-order valence-electron chi connectivity index (χ1n) is 7.08. The predicted molar refractivity (Wildman–Crippen MR) is 79.1 cm³/mol. The molecule has 0 aliphatic carbocycles. The Labute approximate surface area is 132 Å². The molecule has 1 aromatic heterocycles. The second-order valence-corrected chi connectivity index (χ2v) is 5.34. The fraction of sp³-hybridized carbons (Fsp3) is 0.400. The van der Waals surface area contributed by atoms with Crippen LogP contribution in [0.1, 0.15) is 36.1 Å². The summed E-state index contributed by atoms with van der Waals surface area (Å²) < 4.78 is 30.4. The molecule has 8 heteroatoms. The molecule has 1 atom stereocenters. The van der Waals surface area contributed by atoms with Crippen LogP contribution >= 0.6 is 0 Å². The predicted octanol–water partition coefficient (Wildman–Crippen LogP) is 2.54. The molecule has 0 saturated carbocycles. The lowest BCUT2D eigenvalue weighted by Crippen LogP contribution is -2.33. The third-order valence-electron chi connectivity index (χ3n) is 3.30. The number of aryl methyl sites for hydroxylation is 1. The van der Waals surface area contributed by atoms with Crippen molar-refractivity contribution in [2.75, 3.05) is 0 Å². The van der Waals surface area contributed by atoms with E-state index in [9.17, 15) is 13.6 Å². The first-order valence-corrected chi connectivity index (χ1v) is 7.08. The highest BCUT2D eigenvalue weighted by Gasteiger charge is 2.23. The van der Waals surface area contributed by atoms with E-state index in [0.717, 1.165) is 0 Å². The zero-order chi connectivity index (χ0) is 17.0. The summed E-state index contributed by atoms with van der Waals surface area (Å²) in [7, 11) is 1.74. The summed E-state index contributed by atoms with van der Waals surface area (Å²) in [6.07, 6.45) is 1.41. The molecule has 2 aromatic rings. The van der Waals surface area contributed by atoms with Gasteiger partial charge in [0.15, 0.2) is 0 Å². The van der Waals surface area contributed by atoms with Gasteiger partial charge in [0.1, 0.15) is 17.9 Å². The molecule has 124 valence electrons. The van der Waals surface area contributed by atoms with E-state index in [4.69, 9.17) is 0 Å². The van der Waals surface area contributed by atoms with Gasteiger partial charge < -0.3 is 10.1 Å². The molecule has 0 aliphatic heterocycles. The van der Waals surface area contributed by atoms with Gasteiger partial charge in [-0.05, 0) is 24.1 Å². The molecular formula is C15H18F2N4O2. The van der Waals surface area contributed by atoms with Crippen LogP contribution in [0.25, 0.3) is 0 Å². The Bertz CT molecular complexity index is 673. The van der Waals surface area contributed by atoms with Crippen LogP contribution in [-0.2, 0) is 7.05 Å². The smallest absolute Gasteiger partial charge is 0.387 e. The van der Waals surface area contributed by atoms with Crippen molar-refractivity contribution in [3.63, 3.8) is 0 Å². The highest BCUT2D eigenvalue weighted by atomic mass is 19.3. The van der Waals surface area contributed by atoms with Crippen LogP contribution in [0, 0.1) is 5.92 Å². The van der Waals surface area contributed by atoms with E-state index in [-0.39, 0.29) is 23.3 Å². The van der Waals surface area contributed by atoms with Crippen LogP contribution < -0.4 is 10.1 Å². The monoisotopic (exact) mass is 324 g/mol. The van der Waals surface area contributed by atoms with E-state index in [1.807, 2.05) is 13.8 Å². The van der Waals surface area contributed by atoms with Crippen molar-refractivity contribution < 1.29 is 18.3 Å². The summed E-state index contributed by atoms with van der Waals surface area (Å²) in [4.78, 5) is 16.5. The number of nitrogens with one attached hydrogen (secondary N) is 1. The van der Waals surface area contributed by atoms with Gasteiger partial charge in [0.25, 0.3) is 5.91 Å². The molecule has 0 bridgehead atoms. The number of benzene rings is 1. The lowest BCUT2D eigenvalue weighted by Gasteiger charge is -2.21. The van der Waals surface area contributed by atoms with Crippen LogP contribution in [0.5, 0.6) is 5.75 Å². The van der Waals surface area contributed by atoms with Gasteiger partial charge in [-0.15, -0.1) is 0 Å². The van der Waals surface area contributed by atoms with Crippen molar-refractivity contribution in [2.45, 2.75) is 26.5 Å². The van der Waals surface area contributed by atoms with E-state index in [1.54, 1.807) is 11.7 Å². The summed E-state index contributed by atoms with van der Waals surface area (Å²) in [5.41, 5.74) is 0.232. The van der Waals surface area contributed by atoms with Crippen LogP contribution in [0.15, 0.2) is 30.6 Å². The first-order chi connectivity index (χ1) is 10.9. The minimum absolute atomic E-state index is 0.0626. The molecule has 0 radical (unpaired) electrons. The number of hydrogen-bond acceptors (Lipinski definition) is 4.